The van der Waals surface area contributed by atoms with Crippen molar-refractivity contribution in [3.63, 3.8) is 0 Å². The smallest absolute Gasteiger partial charge is 0.462 e. The Morgan fingerprint density at radius 2 is 1.55 bits per heavy atom. The van der Waals surface area contributed by atoms with Gasteiger partial charge in [-0.1, -0.05) is 0 Å². The molecule has 278 valence electrons. The lowest BCUT2D eigenvalue weighted by molar-refractivity contribution is -0.136. The number of hydrogen-bond donors (Lipinski definition) is 7. The molecule has 0 saturated carbocycles. The van der Waals surface area contributed by atoms with Crippen LogP contribution in [0.2, 0.25) is 0 Å². The molecule has 3 aromatic heterocycles. The third-order valence-electron chi connectivity index (χ3n) is 7.58. The van der Waals surface area contributed by atoms with Crippen LogP contribution in [0.3, 0.4) is 0 Å². The van der Waals surface area contributed by atoms with Gasteiger partial charge in [-0.05, 0) is 12.1 Å². The fraction of sp³-hybridized carbons (Fsp3) is 0.440. The molecule has 5 heterocycles. The molecule has 2 saturated heterocycles. The van der Waals surface area contributed by atoms with Gasteiger partial charge in [-0.25, -0.2) is 23.9 Å². The number of nitrogens with zero attached hydrogens (tertiary/aromatic N) is 3. The van der Waals surface area contributed by atoms with Crippen molar-refractivity contribution in [1.29, 1.82) is 0 Å². The number of rotatable bonds is 11. The zero-order chi connectivity index (χ0) is 37.0. The SMILES string of the molecule is O=c1cc(C(F)(F)F)c2ccc(OC3OC(COP(=O)(O)OP(=O)(O)OCC4O[C@@H](n5cnc6c(=O)[nH]cnc65)[C@H](O)[C@@H]4O)[C@@H](O)[C@H]3O)cc2o1. The van der Waals surface area contributed by atoms with Crippen LogP contribution in [0.15, 0.2) is 50.9 Å². The van der Waals surface area contributed by atoms with Crippen molar-refractivity contribution < 1.29 is 84.5 Å². The van der Waals surface area contributed by atoms with Crippen LogP contribution in [-0.4, -0.2) is 106 Å². The summed E-state index contributed by atoms with van der Waals surface area (Å²) in [5, 5.41) is 41.1. The zero-order valence-electron chi connectivity index (χ0n) is 25.0. The number of imidazole rings is 1. The Balaban J connectivity index is 1.03. The molecule has 21 nitrogen and oxygen atoms in total. The van der Waals surface area contributed by atoms with E-state index in [4.69, 9.17) is 18.6 Å². The normalized spacial score (nSPS) is 29.4. The van der Waals surface area contributed by atoms with Crippen molar-refractivity contribution in [3.8, 4) is 5.75 Å². The van der Waals surface area contributed by atoms with E-state index in [-0.39, 0.29) is 23.0 Å². The number of fused-ring (bicyclic) bond motifs is 2. The molecule has 2 fully saturated rings. The first-order valence-electron chi connectivity index (χ1n) is 14.2. The lowest BCUT2D eigenvalue weighted by Crippen LogP contribution is -2.35. The number of phosphoric ester groups is 2. The van der Waals surface area contributed by atoms with Crippen LogP contribution >= 0.6 is 15.6 Å². The van der Waals surface area contributed by atoms with Crippen LogP contribution in [0.4, 0.5) is 13.2 Å². The second-order valence-electron chi connectivity index (χ2n) is 11.0. The van der Waals surface area contributed by atoms with Gasteiger partial charge < -0.3 is 53.8 Å². The molecular formula is C25H25F3N4O17P2. The van der Waals surface area contributed by atoms with E-state index < -0.39 is 112 Å². The van der Waals surface area contributed by atoms with Crippen molar-refractivity contribution in [1.82, 2.24) is 19.5 Å². The summed E-state index contributed by atoms with van der Waals surface area (Å²) in [5.74, 6) is -0.280. The molecule has 0 spiro atoms. The summed E-state index contributed by atoms with van der Waals surface area (Å²) < 4.78 is 100. The van der Waals surface area contributed by atoms with Crippen LogP contribution in [-0.2, 0) is 38.1 Å². The van der Waals surface area contributed by atoms with Gasteiger partial charge in [0.05, 0.1) is 31.4 Å². The summed E-state index contributed by atoms with van der Waals surface area (Å²) in [7, 11) is -11.0. The van der Waals surface area contributed by atoms with Gasteiger partial charge in [-0.3, -0.25) is 18.4 Å². The number of aromatic amines is 1. The van der Waals surface area contributed by atoms with E-state index in [1.807, 2.05) is 0 Å². The van der Waals surface area contributed by atoms with E-state index in [0.29, 0.717) is 0 Å². The van der Waals surface area contributed by atoms with Crippen molar-refractivity contribution in [3.05, 3.63) is 63.3 Å². The highest BCUT2D eigenvalue weighted by Gasteiger charge is 2.48. The number of hydrogen-bond acceptors (Lipinski definition) is 17. The van der Waals surface area contributed by atoms with Gasteiger partial charge in [0.15, 0.2) is 17.4 Å². The maximum Gasteiger partial charge on any atom is 0.481 e. The Bertz CT molecular complexity index is 2150. The first-order chi connectivity index (χ1) is 23.8. The number of aromatic nitrogens is 4. The molecule has 7 N–H and O–H groups in total. The quantitative estimate of drug-likeness (QED) is 0.0756. The Labute approximate surface area is 279 Å². The van der Waals surface area contributed by atoms with E-state index in [9.17, 15) is 62.1 Å². The minimum absolute atomic E-state index is 0.0284. The summed E-state index contributed by atoms with van der Waals surface area (Å²) in [6.07, 6.45) is -16.2. The number of aliphatic hydroxyl groups excluding tert-OH is 4. The highest BCUT2D eigenvalue weighted by Crippen LogP contribution is 2.60. The molecule has 51 heavy (non-hydrogen) atoms. The van der Waals surface area contributed by atoms with E-state index >= 15 is 0 Å². The number of halogens is 3. The maximum atomic E-state index is 13.3. The Morgan fingerprint density at radius 1 is 0.902 bits per heavy atom. The first-order valence-corrected chi connectivity index (χ1v) is 17.2. The molecular weight excluding hydrogens is 747 g/mol. The highest BCUT2D eigenvalue weighted by molar-refractivity contribution is 7.61. The van der Waals surface area contributed by atoms with E-state index in [1.165, 1.54) is 0 Å². The molecule has 4 aromatic rings. The molecule has 0 radical (unpaired) electrons. The van der Waals surface area contributed by atoms with Gasteiger partial charge in [0.2, 0.25) is 6.29 Å². The number of alkyl halides is 3. The third-order valence-corrected chi connectivity index (χ3v) is 10.2. The minimum atomic E-state index is -5.51. The van der Waals surface area contributed by atoms with Gasteiger partial charge in [-0.2, -0.15) is 17.5 Å². The fourth-order valence-electron chi connectivity index (χ4n) is 5.19. The lowest BCUT2D eigenvalue weighted by atomic mass is 10.1. The van der Waals surface area contributed by atoms with Gasteiger partial charge in [0.25, 0.3) is 5.56 Å². The van der Waals surface area contributed by atoms with Crippen LogP contribution in [0.25, 0.3) is 22.1 Å². The number of nitrogens with one attached hydrogen (secondary N) is 1. The number of aliphatic hydroxyl groups is 4. The molecule has 10 atom stereocenters. The van der Waals surface area contributed by atoms with Crippen LogP contribution in [0.5, 0.6) is 5.75 Å². The largest absolute Gasteiger partial charge is 0.481 e. The molecule has 0 aliphatic carbocycles. The summed E-state index contributed by atoms with van der Waals surface area (Å²) in [6.45, 7) is -2.06. The monoisotopic (exact) mass is 772 g/mol. The number of ether oxygens (including phenoxy) is 3. The maximum absolute atomic E-state index is 13.3. The van der Waals surface area contributed by atoms with E-state index in [0.717, 1.165) is 35.4 Å². The summed E-state index contributed by atoms with van der Waals surface area (Å²) in [5.41, 5.74) is -3.85. The van der Waals surface area contributed by atoms with E-state index in [1.54, 1.807) is 0 Å². The van der Waals surface area contributed by atoms with Crippen molar-refractivity contribution in [2.75, 3.05) is 13.2 Å². The molecule has 2 aliphatic rings. The minimum Gasteiger partial charge on any atom is -0.462 e. The highest BCUT2D eigenvalue weighted by atomic mass is 31.3. The predicted molar refractivity (Wildman–Crippen MR) is 156 cm³/mol. The molecule has 6 rings (SSSR count). The van der Waals surface area contributed by atoms with Gasteiger partial charge in [0.1, 0.15) is 48.0 Å². The third kappa shape index (κ3) is 7.78. The number of phosphoric acid groups is 2. The van der Waals surface area contributed by atoms with Crippen molar-refractivity contribution in [2.24, 2.45) is 0 Å². The molecule has 1 aromatic carbocycles. The number of H-pyrrole nitrogens is 1. The van der Waals surface area contributed by atoms with Gasteiger partial charge in [-0.15, -0.1) is 0 Å². The Kier molecular flexibility index (Phi) is 10.0. The average Bonchev–Trinajstić information content (AvgIpc) is 3.68. The van der Waals surface area contributed by atoms with Crippen molar-refractivity contribution in [2.45, 2.75) is 55.3 Å². The summed E-state index contributed by atoms with van der Waals surface area (Å²) >= 11 is 0. The van der Waals surface area contributed by atoms with Crippen molar-refractivity contribution >= 4 is 37.8 Å². The van der Waals surface area contributed by atoms with Gasteiger partial charge >= 0.3 is 27.4 Å². The zero-order valence-corrected chi connectivity index (χ0v) is 26.8. The fourth-order valence-corrected chi connectivity index (χ4v) is 7.28. The molecule has 5 unspecified atom stereocenters. The standard InChI is InChI=1S/C25H25F3N4O17P2/c26-25(27,28)11-4-15(33)46-12-3-9(1-2-10(11)12)45-24-20(37)18(35)14(48-24)6-44-51(41,42)49-50(39,40)43-5-13-17(34)19(36)23(47-13)32-8-31-16-21(32)29-7-30-22(16)38/h1-4,7-8,13-14,17-20,23-24,34-37H,5-6H2,(H,39,40)(H,41,42)(H,29,30,38)/t13?,14?,17-,18-,19-,20-,23-,24?/m1/s1. The molecule has 0 amide bonds. The predicted octanol–water partition coefficient (Wildman–Crippen LogP) is -0.360. The Morgan fingerprint density at radius 3 is 2.22 bits per heavy atom. The van der Waals surface area contributed by atoms with Gasteiger partial charge in [0, 0.05) is 17.5 Å². The summed E-state index contributed by atoms with van der Waals surface area (Å²) in [4.78, 5) is 53.7. The second kappa shape index (κ2) is 13.7. The summed E-state index contributed by atoms with van der Waals surface area (Å²) in [6, 6.07) is 3.10. The molecule has 26 heteroatoms. The second-order valence-corrected chi connectivity index (χ2v) is 14.0. The topological polar surface area (TPSA) is 305 Å². The Hall–Kier alpha value is -3.61. The number of benzene rings is 1. The lowest BCUT2D eigenvalue weighted by Gasteiger charge is -2.20. The van der Waals surface area contributed by atoms with Crippen LogP contribution < -0.4 is 15.9 Å². The molecule has 0 bridgehead atoms. The molecule has 2 aliphatic heterocycles. The van der Waals surface area contributed by atoms with Crippen LogP contribution in [0.1, 0.15) is 11.8 Å². The first kappa shape index (κ1) is 37.2. The average molecular weight is 772 g/mol. The van der Waals surface area contributed by atoms with E-state index in [2.05, 4.69) is 28.3 Å². The van der Waals surface area contributed by atoms with Crippen LogP contribution in [0, 0.1) is 0 Å².